The molecule has 0 saturated carbocycles. The zero-order chi connectivity index (χ0) is 10.1. The Balaban J connectivity index is 3.50. The van der Waals surface area contributed by atoms with E-state index in [1.165, 1.54) is 13.3 Å². The molecule has 0 fully saturated rings. The number of halogens is 2. The van der Waals surface area contributed by atoms with Crippen LogP contribution < -0.4 is 4.74 Å². The van der Waals surface area contributed by atoms with Gasteiger partial charge in [0, 0.05) is 6.20 Å². The van der Waals surface area contributed by atoms with Crippen LogP contribution in [0, 0.1) is 0 Å². The molecule has 0 saturated heterocycles. The normalized spacial score (nSPS) is 11.3. The molecule has 7 heteroatoms. The van der Waals surface area contributed by atoms with E-state index in [1.54, 1.807) is 0 Å². The second kappa shape index (κ2) is 3.59. The third-order valence-electron chi connectivity index (χ3n) is 1.28. The van der Waals surface area contributed by atoms with E-state index in [9.17, 15) is 12.3 Å². The average molecular weight is 270 g/mol. The van der Waals surface area contributed by atoms with Gasteiger partial charge in [-0.2, -0.15) is 8.42 Å². The van der Waals surface area contributed by atoms with Crippen molar-refractivity contribution >= 4 is 26.2 Å². The van der Waals surface area contributed by atoms with Crippen molar-refractivity contribution in [2.75, 3.05) is 7.11 Å². The first-order chi connectivity index (χ1) is 5.96. The standard InChI is InChI=1S/C6H5BrFNO3S/c1-12-5-3-9-2-4(7)6(5)13(8,10)11/h2-3H,1H3. The number of methoxy groups -OCH3 is 1. The van der Waals surface area contributed by atoms with Gasteiger partial charge in [0.05, 0.1) is 17.8 Å². The van der Waals surface area contributed by atoms with Gasteiger partial charge < -0.3 is 4.74 Å². The molecule has 0 radical (unpaired) electrons. The topological polar surface area (TPSA) is 56.3 Å². The molecule has 0 aliphatic carbocycles. The van der Waals surface area contributed by atoms with Gasteiger partial charge in [-0.15, -0.1) is 3.89 Å². The van der Waals surface area contributed by atoms with Crippen molar-refractivity contribution < 1.29 is 17.0 Å². The van der Waals surface area contributed by atoms with Crippen molar-refractivity contribution in [3.63, 3.8) is 0 Å². The molecule has 0 spiro atoms. The molecule has 0 bridgehead atoms. The molecule has 13 heavy (non-hydrogen) atoms. The lowest BCUT2D eigenvalue weighted by Gasteiger charge is -2.04. The smallest absolute Gasteiger partial charge is 0.337 e. The third kappa shape index (κ3) is 2.16. The van der Waals surface area contributed by atoms with Crippen molar-refractivity contribution in [3.8, 4) is 5.75 Å². The predicted octanol–water partition coefficient (Wildman–Crippen LogP) is 1.51. The second-order valence-corrected chi connectivity index (χ2v) is 4.23. The summed E-state index contributed by atoms with van der Waals surface area (Å²) in [5.41, 5.74) is 0. The predicted molar refractivity (Wildman–Crippen MR) is 46.8 cm³/mol. The highest BCUT2D eigenvalue weighted by molar-refractivity contribution is 9.10. The van der Waals surface area contributed by atoms with Crippen LogP contribution in [0.3, 0.4) is 0 Å². The highest BCUT2D eigenvalue weighted by Gasteiger charge is 2.22. The quantitative estimate of drug-likeness (QED) is 0.764. The molecule has 1 aromatic heterocycles. The molecule has 0 aliphatic heterocycles. The Labute approximate surface area is 83.1 Å². The molecule has 0 aromatic carbocycles. The van der Waals surface area contributed by atoms with E-state index in [1.807, 2.05) is 0 Å². The Hall–Kier alpha value is -0.690. The summed E-state index contributed by atoms with van der Waals surface area (Å²) in [6, 6.07) is 0. The van der Waals surface area contributed by atoms with Crippen LogP contribution in [0.5, 0.6) is 5.75 Å². The van der Waals surface area contributed by atoms with Crippen LogP contribution in [0.4, 0.5) is 3.89 Å². The molecular formula is C6H5BrFNO3S. The van der Waals surface area contributed by atoms with Crippen LogP contribution in [-0.2, 0) is 10.2 Å². The Morgan fingerprint density at radius 3 is 2.54 bits per heavy atom. The number of ether oxygens (including phenoxy) is 1. The van der Waals surface area contributed by atoms with Crippen LogP contribution in [0.15, 0.2) is 21.8 Å². The molecule has 0 aliphatic rings. The number of hydrogen-bond acceptors (Lipinski definition) is 4. The summed E-state index contributed by atoms with van der Waals surface area (Å²) in [5, 5.41) is 0. The third-order valence-corrected chi connectivity index (χ3v) is 3.06. The zero-order valence-corrected chi connectivity index (χ0v) is 8.89. The number of nitrogens with zero attached hydrogens (tertiary/aromatic N) is 1. The Bertz CT molecular complexity index is 420. The maximum Gasteiger partial charge on any atom is 0.337 e. The summed E-state index contributed by atoms with van der Waals surface area (Å²) in [6.45, 7) is 0. The van der Waals surface area contributed by atoms with Crippen LogP contribution in [0.1, 0.15) is 0 Å². The maximum absolute atomic E-state index is 12.7. The summed E-state index contributed by atoms with van der Waals surface area (Å²) in [6.07, 6.45) is 2.30. The largest absolute Gasteiger partial charge is 0.494 e. The zero-order valence-electron chi connectivity index (χ0n) is 6.49. The number of rotatable bonds is 2. The monoisotopic (exact) mass is 269 g/mol. The molecule has 72 valence electrons. The van der Waals surface area contributed by atoms with E-state index in [0.717, 1.165) is 6.20 Å². The van der Waals surface area contributed by atoms with Crippen LogP contribution >= 0.6 is 15.9 Å². The first kappa shape index (κ1) is 10.4. The van der Waals surface area contributed by atoms with E-state index < -0.39 is 15.1 Å². The highest BCUT2D eigenvalue weighted by Crippen LogP contribution is 2.31. The van der Waals surface area contributed by atoms with E-state index in [-0.39, 0.29) is 10.2 Å². The van der Waals surface area contributed by atoms with Gasteiger partial charge >= 0.3 is 10.2 Å². The second-order valence-electron chi connectivity index (χ2n) is 2.09. The van der Waals surface area contributed by atoms with Crippen molar-refractivity contribution in [2.45, 2.75) is 4.90 Å². The highest BCUT2D eigenvalue weighted by atomic mass is 79.9. The molecular weight excluding hydrogens is 265 g/mol. The summed E-state index contributed by atoms with van der Waals surface area (Å²) in [7, 11) is -3.55. The van der Waals surface area contributed by atoms with Gasteiger partial charge in [-0.05, 0) is 15.9 Å². The lowest BCUT2D eigenvalue weighted by atomic mass is 10.5. The summed E-state index contributed by atoms with van der Waals surface area (Å²) in [5.74, 6) is -0.128. The number of hydrogen-bond donors (Lipinski definition) is 0. The van der Waals surface area contributed by atoms with Crippen molar-refractivity contribution in [2.24, 2.45) is 0 Å². The average Bonchev–Trinajstić information content (AvgIpc) is 2.01. The van der Waals surface area contributed by atoms with Gasteiger partial charge in [-0.1, -0.05) is 0 Å². The molecule has 0 atom stereocenters. The lowest BCUT2D eigenvalue weighted by molar-refractivity contribution is 0.398. The number of pyridine rings is 1. The fourth-order valence-corrected chi connectivity index (χ4v) is 2.34. The van der Waals surface area contributed by atoms with Gasteiger partial charge in [0.25, 0.3) is 0 Å². The van der Waals surface area contributed by atoms with Gasteiger partial charge in [-0.3, -0.25) is 4.98 Å². The van der Waals surface area contributed by atoms with Gasteiger partial charge in [-0.25, -0.2) is 0 Å². The van der Waals surface area contributed by atoms with Crippen LogP contribution in [0.25, 0.3) is 0 Å². The molecule has 4 nitrogen and oxygen atoms in total. The van der Waals surface area contributed by atoms with Crippen molar-refractivity contribution in [1.82, 2.24) is 4.98 Å². The molecule has 0 N–H and O–H groups in total. The first-order valence-electron chi connectivity index (χ1n) is 3.09. The van der Waals surface area contributed by atoms with E-state index >= 15 is 0 Å². The lowest BCUT2D eigenvalue weighted by Crippen LogP contribution is -1.99. The number of aromatic nitrogens is 1. The maximum atomic E-state index is 12.7. The van der Waals surface area contributed by atoms with E-state index in [4.69, 9.17) is 0 Å². The fraction of sp³-hybridized carbons (Fsp3) is 0.167. The van der Waals surface area contributed by atoms with Gasteiger partial charge in [0.2, 0.25) is 0 Å². The van der Waals surface area contributed by atoms with Gasteiger partial charge in [0.1, 0.15) is 0 Å². The van der Waals surface area contributed by atoms with E-state index in [0.29, 0.717) is 0 Å². The SMILES string of the molecule is COc1cncc(Br)c1S(=O)(=O)F. The fourth-order valence-electron chi connectivity index (χ4n) is 0.787. The molecule has 1 aromatic rings. The summed E-state index contributed by atoms with van der Waals surface area (Å²) < 4.78 is 38.6. The summed E-state index contributed by atoms with van der Waals surface area (Å²) in [4.78, 5) is 3.09. The Kier molecular flexibility index (Phi) is 2.87. The molecule has 1 rings (SSSR count). The summed E-state index contributed by atoms with van der Waals surface area (Å²) >= 11 is 2.86. The van der Waals surface area contributed by atoms with Gasteiger partial charge in [0.15, 0.2) is 10.6 Å². The minimum absolute atomic E-state index is 0.0364. The van der Waals surface area contributed by atoms with Crippen molar-refractivity contribution in [1.29, 1.82) is 0 Å². The molecule has 0 amide bonds. The minimum Gasteiger partial charge on any atom is -0.494 e. The Morgan fingerprint density at radius 1 is 1.54 bits per heavy atom. The molecule has 1 heterocycles. The first-order valence-corrected chi connectivity index (χ1v) is 5.26. The van der Waals surface area contributed by atoms with Crippen molar-refractivity contribution in [3.05, 3.63) is 16.9 Å². The Morgan fingerprint density at radius 2 is 2.15 bits per heavy atom. The van der Waals surface area contributed by atoms with Crippen LogP contribution in [-0.4, -0.2) is 20.5 Å². The van der Waals surface area contributed by atoms with Crippen LogP contribution in [0.2, 0.25) is 0 Å². The molecule has 0 unspecified atom stereocenters. The minimum atomic E-state index is -4.79. The van der Waals surface area contributed by atoms with E-state index in [2.05, 4.69) is 25.7 Å².